The van der Waals surface area contributed by atoms with Crippen molar-refractivity contribution in [2.45, 2.75) is 13.5 Å². The molecule has 3 aromatic rings. The van der Waals surface area contributed by atoms with Crippen molar-refractivity contribution in [2.75, 3.05) is 0 Å². The zero-order valence-corrected chi connectivity index (χ0v) is 11.2. The van der Waals surface area contributed by atoms with Crippen molar-refractivity contribution in [1.82, 2.24) is 14.3 Å². The number of nitrogens with zero attached hydrogens (tertiary/aromatic N) is 3. The third-order valence-electron chi connectivity index (χ3n) is 3.25. The highest BCUT2D eigenvalue weighted by Gasteiger charge is 2.12. The number of hydrogen-bond donors (Lipinski definition) is 0. The summed E-state index contributed by atoms with van der Waals surface area (Å²) in [4.78, 5) is 24.7. The van der Waals surface area contributed by atoms with E-state index in [1.165, 1.54) is 4.57 Å². The number of benzene rings is 1. The molecule has 0 unspecified atom stereocenters. The molecule has 0 fully saturated rings. The maximum Gasteiger partial charge on any atom is 0.331 e. The number of rotatable bonds is 2. The van der Waals surface area contributed by atoms with E-state index < -0.39 is 0 Å². The largest absolute Gasteiger partial charge is 0.359 e. The molecule has 3 rings (SSSR count). The van der Waals surface area contributed by atoms with Gasteiger partial charge in [0.25, 0.3) is 5.56 Å². The highest BCUT2D eigenvalue weighted by atomic mass is 16.5. The predicted molar refractivity (Wildman–Crippen MR) is 73.8 cm³/mol. The van der Waals surface area contributed by atoms with Gasteiger partial charge in [0, 0.05) is 13.1 Å². The van der Waals surface area contributed by atoms with Gasteiger partial charge in [0.15, 0.2) is 5.76 Å². The number of hydrogen-bond acceptors (Lipinski definition) is 4. The molecule has 0 atom stereocenters. The second-order valence-corrected chi connectivity index (χ2v) is 4.68. The molecule has 20 heavy (non-hydrogen) atoms. The Labute approximate surface area is 113 Å². The Balaban J connectivity index is 2.26. The van der Waals surface area contributed by atoms with E-state index in [1.807, 2.05) is 0 Å². The lowest BCUT2D eigenvalue weighted by atomic mass is 10.2. The van der Waals surface area contributed by atoms with Crippen LogP contribution in [0.2, 0.25) is 0 Å². The molecule has 0 saturated carbocycles. The maximum atomic E-state index is 12.4. The summed E-state index contributed by atoms with van der Waals surface area (Å²) in [6, 6.07) is 8.74. The lowest BCUT2D eigenvalue weighted by Crippen LogP contribution is -2.39. The molecule has 2 aromatic heterocycles. The van der Waals surface area contributed by atoms with Crippen LogP contribution < -0.4 is 11.2 Å². The van der Waals surface area contributed by atoms with Crippen LogP contribution in [-0.2, 0) is 13.6 Å². The first kappa shape index (κ1) is 12.4. The predicted octanol–water partition coefficient (Wildman–Crippen LogP) is 1.04. The van der Waals surface area contributed by atoms with Gasteiger partial charge in [-0.2, -0.15) is 0 Å². The molecule has 6 nitrogen and oxygen atoms in total. The highest BCUT2D eigenvalue weighted by Crippen LogP contribution is 2.07. The van der Waals surface area contributed by atoms with Crippen LogP contribution in [-0.4, -0.2) is 14.3 Å². The average molecular weight is 271 g/mol. The van der Waals surface area contributed by atoms with Gasteiger partial charge in [-0.15, -0.1) is 0 Å². The minimum Gasteiger partial charge on any atom is -0.359 e. The molecule has 0 aliphatic heterocycles. The fourth-order valence-corrected chi connectivity index (χ4v) is 2.25. The summed E-state index contributed by atoms with van der Waals surface area (Å²) >= 11 is 0. The van der Waals surface area contributed by atoms with Gasteiger partial charge in [-0.3, -0.25) is 13.9 Å². The molecule has 0 aliphatic carbocycles. The van der Waals surface area contributed by atoms with Crippen LogP contribution >= 0.6 is 0 Å². The van der Waals surface area contributed by atoms with Gasteiger partial charge in [-0.25, -0.2) is 4.79 Å². The fraction of sp³-hybridized carbons (Fsp3) is 0.214. The first-order chi connectivity index (χ1) is 9.58. The van der Waals surface area contributed by atoms with Crippen LogP contribution in [0.1, 0.15) is 11.5 Å². The number of fused-ring (bicyclic) bond motifs is 1. The lowest BCUT2D eigenvalue weighted by Gasteiger charge is -2.08. The van der Waals surface area contributed by atoms with Crippen LogP contribution in [0.3, 0.4) is 0 Å². The topological polar surface area (TPSA) is 70.0 Å². The van der Waals surface area contributed by atoms with Gasteiger partial charge in [0.2, 0.25) is 0 Å². The summed E-state index contributed by atoms with van der Waals surface area (Å²) in [7, 11) is 1.65. The van der Waals surface area contributed by atoms with Crippen molar-refractivity contribution >= 4 is 10.9 Å². The van der Waals surface area contributed by atoms with Crippen LogP contribution in [0.4, 0.5) is 0 Å². The molecular weight excluding hydrogens is 258 g/mol. The monoisotopic (exact) mass is 271 g/mol. The van der Waals surface area contributed by atoms with E-state index in [1.54, 1.807) is 44.3 Å². The molecule has 0 spiro atoms. The van der Waals surface area contributed by atoms with Gasteiger partial charge in [-0.05, 0) is 19.1 Å². The van der Waals surface area contributed by atoms with E-state index in [2.05, 4.69) is 5.16 Å². The Morgan fingerprint density at radius 2 is 2.00 bits per heavy atom. The Hall–Kier alpha value is -2.63. The average Bonchev–Trinajstić information content (AvgIpc) is 2.86. The Kier molecular flexibility index (Phi) is 2.78. The molecule has 2 heterocycles. The van der Waals surface area contributed by atoms with Crippen LogP contribution in [0, 0.1) is 6.92 Å². The van der Waals surface area contributed by atoms with Crippen molar-refractivity contribution in [2.24, 2.45) is 7.05 Å². The van der Waals surface area contributed by atoms with Crippen molar-refractivity contribution in [1.29, 1.82) is 0 Å². The smallest absolute Gasteiger partial charge is 0.331 e. The molecule has 0 bridgehead atoms. The van der Waals surface area contributed by atoms with Gasteiger partial charge >= 0.3 is 5.69 Å². The molecule has 0 amide bonds. The molecular formula is C14H13N3O3. The van der Waals surface area contributed by atoms with Crippen molar-refractivity contribution in [3.05, 3.63) is 62.6 Å². The van der Waals surface area contributed by atoms with E-state index in [9.17, 15) is 9.59 Å². The third kappa shape index (κ3) is 1.85. The normalized spacial score (nSPS) is 11.1. The summed E-state index contributed by atoms with van der Waals surface area (Å²) in [6.45, 7) is 1.87. The molecule has 102 valence electrons. The minimum absolute atomic E-state index is 0.0805. The third-order valence-corrected chi connectivity index (χ3v) is 3.25. The van der Waals surface area contributed by atoms with E-state index in [0.29, 0.717) is 22.4 Å². The molecule has 0 saturated heterocycles. The Morgan fingerprint density at radius 1 is 1.25 bits per heavy atom. The molecule has 6 heteroatoms. The zero-order chi connectivity index (χ0) is 14.3. The van der Waals surface area contributed by atoms with Crippen LogP contribution in [0.5, 0.6) is 0 Å². The molecule has 0 N–H and O–H groups in total. The fourth-order valence-electron chi connectivity index (χ4n) is 2.25. The van der Waals surface area contributed by atoms with Gasteiger partial charge in [0.05, 0.1) is 23.1 Å². The molecule has 1 aromatic carbocycles. The van der Waals surface area contributed by atoms with Gasteiger partial charge in [0.1, 0.15) is 0 Å². The van der Waals surface area contributed by atoms with E-state index in [-0.39, 0.29) is 17.8 Å². The summed E-state index contributed by atoms with van der Waals surface area (Å²) in [5.74, 6) is 0.483. The van der Waals surface area contributed by atoms with E-state index >= 15 is 0 Å². The van der Waals surface area contributed by atoms with Gasteiger partial charge in [-0.1, -0.05) is 17.3 Å². The second-order valence-electron chi connectivity index (χ2n) is 4.68. The Bertz CT molecular complexity index is 902. The van der Waals surface area contributed by atoms with Crippen molar-refractivity contribution in [3.8, 4) is 0 Å². The first-order valence-corrected chi connectivity index (χ1v) is 6.18. The van der Waals surface area contributed by atoms with Crippen molar-refractivity contribution < 1.29 is 4.52 Å². The minimum atomic E-state index is -0.372. The highest BCUT2D eigenvalue weighted by molar-refractivity contribution is 5.77. The zero-order valence-electron chi connectivity index (χ0n) is 11.2. The summed E-state index contributed by atoms with van der Waals surface area (Å²) in [5.41, 5.74) is 0.638. The summed E-state index contributed by atoms with van der Waals surface area (Å²) in [6.07, 6.45) is 0. The number of aromatic nitrogens is 3. The summed E-state index contributed by atoms with van der Waals surface area (Å²) in [5, 5.41) is 4.26. The Morgan fingerprint density at radius 3 is 2.70 bits per heavy atom. The quantitative estimate of drug-likeness (QED) is 0.698. The lowest BCUT2D eigenvalue weighted by molar-refractivity contribution is 0.369. The molecule has 0 aliphatic rings. The standard InChI is InChI=1S/C14H13N3O3/c1-9-7-10(20-15-9)8-17-13(18)11-5-3-4-6-12(11)16(2)14(17)19/h3-7H,8H2,1-2H3. The van der Waals surface area contributed by atoms with E-state index in [4.69, 9.17) is 4.52 Å². The number of aryl methyl sites for hydroxylation is 2. The number of para-hydroxylation sites is 1. The van der Waals surface area contributed by atoms with Gasteiger partial charge < -0.3 is 4.52 Å². The van der Waals surface area contributed by atoms with E-state index in [0.717, 1.165) is 4.57 Å². The van der Waals surface area contributed by atoms with Crippen LogP contribution in [0.15, 0.2) is 44.4 Å². The first-order valence-electron chi connectivity index (χ1n) is 6.18. The second kappa shape index (κ2) is 4.48. The molecule has 0 radical (unpaired) electrons. The van der Waals surface area contributed by atoms with Crippen LogP contribution in [0.25, 0.3) is 10.9 Å². The summed E-state index contributed by atoms with van der Waals surface area (Å²) < 4.78 is 7.69. The SMILES string of the molecule is Cc1cc(Cn2c(=O)c3ccccc3n(C)c2=O)on1. The maximum absolute atomic E-state index is 12.4. The van der Waals surface area contributed by atoms with Crippen molar-refractivity contribution in [3.63, 3.8) is 0 Å².